The van der Waals surface area contributed by atoms with Crippen LogP contribution < -0.4 is 0 Å². The van der Waals surface area contributed by atoms with Crippen molar-refractivity contribution >= 4 is 0 Å². The Balaban J connectivity index is 2.50. The average Bonchev–Trinajstić information content (AvgIpc) is 2.80. The molecule has 1 heterocycles. The maximum Gasteiger partial charge on any atom is 0.173 e. The first-order valence-corrected chi connectivity index (χ1v) is 6.51. The van der Waals surface area contributed by atoms with Crippen molar-refractivity contribution in [2.45, 2.75) is 32.4 Å². The van der Waals surface area contributed by atoms with Crippen LogP contribution in [0.25, 0.3) is 0 Å². The second-order valence-electron chi connectivity index (χ2n) is 6.04. The lowest BCUT2D eigenvalue weighted by atomic mass is 10.0. The van der Waals surface area contributed by atoms with Gasteiger partial charge in [0.15, 0.2) is 5.82 Å². The Kier molecular flexibility index (Phi) is 3.85. The molecule has 0 saturated carbocycles. The number of tetrazole rings is 1. The van der Waals surface area contributed by atoms with Crippen LogP contribution in [0.4, 0.5) is 4.39 Å². The van der Waals surface area contributed by atoms with Gasteiger partial charge in [-0.25, -0.2) is 9.07 Å². The molecular formula is C14H20FN5. The molecular weight excluding hydrogens is 257 g/mol. The molecule has 0 saturated heterocycles. The first-order valence-electron chi connectivity index (χ1n) is 6.51. The van der Waals surface area contributed by atoms with Crippen LogP contribution >= 0.6 is 0 Å². The lowest BCUT2D eigenvalue weighted by molar-refractivity contribution is 0.276. The zero-order chi connectivity index (χ0) is 14.9. The normalized spacial score (nSPS) is 13.8. The van der Waals surface area contributed by atoms with E-state index in [-0.39, 0.29) is 17.4 Å². The molecule has 6 heteroatoms. The quantitative estimate of drug-likeness (QED) is 0.863. The van der Waals surface area contributed by atoms with Crippen molar-refractivity contribution in [3.8, 4) is 0 Å². The zero-order valence-corrected chi connectivity index (χ0v) is 12.5. The summed E-state index contributed by atoms with van der Waals surface area (Å²) >= 11 is 0. The Bertz CT molecular complexity index is 568. The third kappa shape index (κ3) is 2.85. The summed E-state index contributed by atoms with van der Waals surface area (Å²) in [6.45, 7) is 6.14. The number of rotatable bonds is 3. The highest BCUT2D eigenvalue weighted by molar-refractivity contribution is 5.25. The van der Waals surface area contributed by atoms with Crippen LogP contribution in [0.15, 0.2) is 24.3 Å². The van der Waals surface area contributed by atoms with Gasteiger partial charge in [-0.2, -0.15) is 0 Å². The van der Waals surface area contributed by atoms with Gasteiger partial charge in [0.2, 0.25) is 0 Å². The van der Waals surface area contributed by atoms with Crippen LogP contribution in [0.1, 0.15) is 38.2 Å². The van der Waals surface area contributed by atoms with E-state index in [2.05, 4.69) is 15.5 Å². The molecule has 0 amide bonds. The second kappa shape index (κ2) is 5.28. The van der Waals surface area contributed by atoms with E-state index in [1.165, 1.54) is 12.1 Å². The highest BCUT2D eigenvalue weighted by atomic mass is 19.1. The van der Waals surface area contributed by atoms with E-state index < -0.39 is 0 Å². The molecule has 5 nitrogen and oxygen atoms in total. The molecule has 1 aromatic heterocycles. The Morgan fingerprint density at radius 1 is 1.15 bits per heavy atom. The van der Waals surface area contributed by atoms with E-state index >= 15 is 0 Å². The van der Waals surface area contributed by atoms with Gasteiger partial charge in [0, 0.05) is 0 Å². The highest BCUT2D eigenvalue weighted by Crippen LogP contribution is 2.27. The summed E-state index contributed by atoms with van der Waals surface area (Å²) in [7, 11) is 3.91. The van der Waals surface area contributed by atoms with Gasteiger partial charge in [-0.05, 0) is 63.0 Å². The fourth-order valence-electron chi connectivity index (χ4n) is 2.17. The number of benzene rings is 1. The van der Waals surface area contributed by atoms with Crippen LogP contribution in [-0.4, -0.2) is 39.2 Å². The summed E-state index contributed by atoms with van der Waals surface area (Å²) < 4.78 is 14.9. The van der Waals surface area contributed by atoms with Gasteiger partial charge in [0.1, 0.15) is 5.82 Å². The minimum Gasteiger partial charge on any atom is -0.296 e. The van der Waals surface area contributed by atoms with Gasteiger partial charge in [-0.1, -0.05) is 12.1 Å². The smallest absolute Gasteiger partial charge is 0.173 e. The van der Waals surface area contributed by atoms with Crippen LogP contribution in [-0.2, 0) is 5.54 Å². The number of nitrogens with zero attached hydrogens (tertiary/aromatic N) is 5. The number of hydrogen-bond donors (Lipinski definition) is 0. The van der Waals surface area contributed by atoms with Gasteiger partial charge in [0.05, 0.1) is 11.6 Å². The van der Waals surface area contributed by atoms with Crippen LogP contribution in [0.3, 0.4) is 0 Å². The molecule has 0 bridgehead atoms. The number of hydrogen-bond acceptors (Lipinski definition) is 4. The monoisotopic (exact) mass is 277 g/mol. The first kappa shape index (κ1) is 14.6. The molecule has 1 unspecified atom stereocenters. The summed E-state index contributed by atoms with van der Waals surface area (Å²) in [5.41, 5.74) is 0.740. The molecule has 1 aromatic carbocycles. The molecule has 1 atom stereocenters. The number of aromatic nitrogens is 4. The van der Waals surface area contributed by atoms with Gasteiger partial charge in [-0.15, -0.1) is 5.10 Å². The molecule has 108 valence electrons. The van der Waals surface area contributed by atoms with Crippen molar-refractivity contribution < 1.29 is 4.39 Å². The van der Waals surface area contributed by atoms with Gasteiger partial charge in [-0.3, -0.25) is 4.90 Å². The highest BCUT2D eigenvalue weighted by Gasteiger charge is 2.28. The van der Waals surface area contributed by atoms with Crippen LogP contribution in [0.2, 0.25) is 0 Å². The van der Waals surface area contributed by atoms with Crippen molar-refractivity contribution in [2.24, 2.45) is 0 Å². The minimum atomic E-state index is -0.248. The third-order valence-electron chi connectivity index (χ3n) is 3.08. The van der Waals surface area contributed by atoms with E-state index in [0.29, 0.717) is 0 Å². The first-order chi connectivity index (χ1) is 9.30. The number of halogens is 1. The van der Waals surface area contributed by atoms with Crippen molar-refractivity contribution in [3.63, 3.8) is 0 Å². The molecule has 0 aliphatic heterocycles. The Hall–Kier alpha value is -1.82. The zero-order valence-electron chi connectivity index (χ0n) is 12.5. The van der Waals surface area contributed by atoms with Crippen LogP contribution in [0.5, 0.6) is 0 Å². The topological polar surface area (TPSA) is 46.8 Å². The van der Waals surface area contributed by atoms with Crippen molar-refractivity contribution in [2.75, 3.05) is 14.1 Å². The van der Waals surface area contributed by atoms with E-state index in [4.69, 9.17) is 0 Å². The van der Waals surface area contributed by atoms with Gasteiger partial charge < -0.3 is 0 Å². The summed E-state index contributed by atoms with van der Waals surface area (Å²) in [5.74, 6) is 0.496. The van der Waals surface area contributed by atoms with Crippen LogP contribution in [0, 0.1) is 5.82 Å². The SMILES string of the molecule is CN(C)C(c1ccc(F)cc1)c1nnnn1C(C)(C)C. The van der Waals surface area contributed by atoms with Crippen molar-refractivity contribution in [3.05, 3.63) is 41.5 Å². The average molecular weight is 277 g/mol. The molecule has 0 fully saturated rings. The largest absolute Gasteiger partial charge is 0.296 e. The maximum atomic E-state index is 13.1. The van der Waals surface area contributed by atoms with Gasteiger partial charge in [0.25, 0.3) is 0 Å². The van der Waals surface area contributed by atoms with E-state index in [9.17, 15) is 4.39 Å². The summed E-state index contributed by atoms with van der Waals surface area (Å²) in [5, 5.41) is 12.1. The molecule has 0 N–H and O–H groups in total. The minimum absolute atomic E-state index is 0.121. The Labute approximate surface area is 118 Å². The molecule has 0 aliphatic carbocycles. The third-order valence-corrected chi connectivity index (χ3v) is 3.08. The van der Waals surface area contributed by atoms with Gasteiger partial charge >= 0.3 is 0 Å². The van der Waals surface area contributed by atoms with E-state index in [1.807, 2.05) is 39.8 Å². The van der Waals surface area contributed by atoms with E-state index in [0.717, 1.165) is 11.4 Å². The Morgan fingerprint density at radius 3 is 2.25 bits per heavy atom. The summed E-state index contributed by atoms with van der Waals surface area (Å²) in [4.78, 5) is 2.02. The molecule has 0 radical (unpaired) electrons. The van der Waals surface area contributed by atoms with Crippen molar-refractivity contribution in [1.29, 1.82) is 0 Å². The molecule has 2 rings (SSSR count). The predicted molar refractivity (Wildman–Crippen MR) is 74.7 cm³/mol. The molecule has 0 aliphatic rings. The summed E-state index contributed by atoms with van der Waals surface area (Å²) in [6, 6.07) is 6.32. The predicted octanol–water partition coefficient (Wildman–Crippen LogP) is 2.22. The lowest BCUT2D eigenvalue weighted by Crippen LogP contribution is -2.31. The maximum absolute atomic E-state index is 13.1. The standard InChI is InChI=1S/C14H20FN5/c1-14(2,3)20-13(16-17-18-20)12(19(4)5)10-6-8-11(15)9-7-10/h6-9,12H,1-5H3. The van der Waals surface area contributed by atoms with Crippen molar-refractivity contribution in [1.82, 2.24) is 25.1 Å². The fraction of sp³-hybridized carbons (Fsp3) is 0.500. The fourth-order valence-corrected chi connectivity index (χ4v) is 2.17. The Morgan fingerprint density at radius 2 is 1.75 bits per heavy atom. The molecule has 20 heavy (non-hydrogen) atoms. The second-order valence-corrected chi connectivity index (χ2v) is 6.04. The summed E-state index contributed by atoms with van der Waals surface area (Å²) in [6.07, 6.45) is 0. The molecule has 0 spiro atoms. The molecule has 2 aromatic rings. The lowest BCUT2D eigenvalue weighted by Gasteiger charge is -2.27. The van der Waals surface area contributed by atoms with E-state index in [1.54, 1.807) is 16.8 Å².